The molecule has 2 saturated heterocycles. The fourth-order valence-electron chi connectivity index (χ4n) is 3.34. The zero-order valence-corrected chi connectivity index (χ0v) is 12.1. The van der Waals surface area contributed by atoms with E-state index in [1.165, 1.54) is 0 Å². The van der Waals surface area contributed by atoms with Gasteiger partial charge in [0.15, 0.2) is 0 Å². The Morgan fingerprint density at radius 3 is 2.35 bits per heavy atom. The number of hydrogen-bond donors (Lipinski definition) is 2. The van der Waals surface area contributed by atoms with Crippen LogP contribution in [0.2, 0.25) is 0 Å². The summed E-state index contributed by atoms with van der Waals surface area (Å²) in [6.07, 6.45) is 2.47. The van der Waals surface area contributed by atoms with E-state index < -0.39 is 10.2 Å². The lowest BCUT2D eigenvalue weighted by atomic mass is 10.0. The molecule has 0 aromatic heterocycles. The quantitative estimate of drug-likeness (QED) is 0.871. The van der Waals surface area contributed by atoms with Crippen LogP contribution in [0.25, 0.3) is 0 Å². The molecule has 0 amide bonds. The molecule has 0 saturated carbocycles. The molecular weight excluding hydrogens is 276 g/mol. The first kappa shape index (κ1) is 14.0. The molecule has 2 fully saturated rings. The molecule has 0 radical (unpaired) electrons. The first-order valence-electron chi connectivity index (χ1n) is 7.06. The van der Waals surface area contributed by atoms with Crippen molar-refractivity contribution in [3.05, 3.63) is 35.9 Å². The molecule has 2 N–H and O–H groups in total. The van der Waals surface area contributed by atoms with Gasteiger partial charge in [0.2, 0.25) is 0 Å². The van der Waals surface area contributed by atoms with Gasteiger partial charge in [0.05, 0.1) is 6.10 Å². The van der Waals surface area contributed by atoms with Crippen LogP contribution in [-0.4, -0.2) is 36.0 Å². The zero-order valence-electron chi connectivity index (χ0n) is 11.3. The van der Waals surface area contributed by atoms with Crippen molar-refractivity contribution in [2.45, 2.75) is 50.4 Å². The van der Waals surface area contributed by atoms with E-state index in [2.05, 4.69) is 4.72 Å². The standard InChI is InChI=1S/C14H20N2O3S/c17-14-8-12-6-7-13(9-14)16(12)20(18,19)15-10-11-4-2-1-3-5-11/h1-5,12-15,17H,6-10H2/t12-,13+,14?. The summed E-state index contributed by atoms with van der Waals surface area (Å²) in [4.78, 5) is 0. The number of nitrogens with zero attached hydrogens (tertiary/aromatic N) is 1. The molecule has 2 aliphatic rings. The van der Waals surface area contributed by atoms with Crippen LogP contribution in [0.15, 0.2) is 30.3 Å². The fraction of sp³-hybridized carbons (Fsp3) is 0.571. The topological polar surface area (TPSA) is 69.6 Å². The van der Waals surface area contributed by atoms with Crippen LogP contribution < -0.4 is 4.72 Å². The fourth-order valence-corrected chi connectivity index (χ4v) is 5.01. The second kappa shape index (κ2) is 5.44. The Kier molecular flexibility index (Phi) is 3.81. The number of hydrogen-bond acceptors (Lipinski definition) is 3. The molecule has 1 aromatic carbocycles. The summed E-state index contributed by atoms with van der Waals surface area (Å²) >= 11 is 0. The van der Waals surface area contributed by atoms with Crippen LogP contribution in [-0.2, 0) is 16.8 Å². The smallest absolute Gasteiger partial charge is 0.280 e. The average Bonchev–Trinajstić information content (AvgIpc) is 2.72. The predicted molar refractivity (Wildman–Crippen MR) is 76.1 cm³/mol. The van der Waals surface area contributed by atoms with E-state index in [1.54, 1.807) is 4.31 Å². The summed E-state index contributed by atoms with van der Waals surface area (Å²) in [6.45, 7) is 0.307. The van der Waals surface area contributed by atoms with E-state index in [9.17, 15) is 13.5 Å². The zero-order chi connectivity index (χ0) is 14.2. The molecule has 2 bridgehead atoms. The van der Waals surface area contributed by atoms with Gasteiger partial charge in [0.1, 0.15) is 0 Å². The highest BCUT2D eigenvalue weighted by molar-refractivity contribution is 7.87. The molecule has 0 spiro atoms. The molecular formula is C14H20N2O3S. The third-order valence-corrected chi connectivity index (χ3v) is 5.88. The van der Waals surface area contributed by atoms with Crippen molar-refractivity contribution in [1.29, 1.82) is 0 Å². The van der Waals surface area contributed by atoms with Crippen LogP contribution in [0.4, 0.5) is 0 Å². The second-order valence-corrected chi connectivity index (χ2v) is 7.31. The first-order valence-corrected chi connectivity index (χ1v) is 8.50. The van der Waals surface area contributed by atoms with Crippen LogP contribution >= 0.6 is 0 Å². The van der Waals surface area contributed by atoms with E-state index in [1.807, 2.05) is 30.3 Å². The Bertz CT molecular complexity index is 547. The van der Waals surface area contributed by atoms with E-state index in [-0.39, 0.29) is 18.2 Å². The van der Waals surface area contributed by atoms with E-state index >= 15 is 0 Å². The molecule has 5 nitrogen and oxygen atoms in total. The van der Waals surface area contributed by atoms with Crippen LogP contribution in [0, 0.1) is 0 Å². The SMILES string of the molecule is O=S(=O)(NCc1ccccc1)N1[C@@H]2CC[C@H]1CC(O)C2. The maximum atomic E-state index is 12.5. The minimum atomic E-state index is -3.47. The van der Waals surface area contributed by atoms with Crippen LogP contribution in [0.1, 0.15) is 31.2 Å². The maximum Gasteiger partial charge on any atom is 0.280 e. The molecule has 1 unspecified atom stereocenters. The van der Waals surface area contributed by atoms with Gasteiger partial charge < -0.3 is 5.11 Å². The molecule has 6 heteroatoms. The highest BCUT2D eigenvalue weighted by atomic mass is 32.2. The minimum Gasteiger partial charge on any atom is -0.393 e. The minimum absolute atomic E-state index is 0.0444. The van der Waals surface area contributed by atoms with Crippen molar-refractivity contribution in [3.8, 4) is 0 Å². The van der Waals surface area contributed by atoms with Gasteiger partial charge in [-0.05, 0) is 31.2 Å². The summed E-state index contributed by atoms with van der Waals surface area (Å²) in [5, 5.41) is 9.74. The Morgan fingerprint density at radius 2 is 1.75 bits per heavy atom. The lowest BCUT2D eigenvalue weighted by Crippen LogP contribution is -2.51. The van der Waals surface area contributed by atoms with Gasteiger partial charge in [-0.2, -0.15) is 17.4 Å². The molecule has 110 valence electrons. The van der Waals surface area contributed by atoms with Crippen molar-refractivity contribution < 1.29 is 13.5 Å². The third kappa shape index (κ3) is 2.74. The van der Waals surface area contributed by atoms with Crippen LogP contribution in [0.3, 0.4) is 0 Å². The van der Waals surface area contributed by atoms with Crippen molar-refractivity contribution in [2.24, 2.45) is 0 Å². The molecule has 2 heterocycles. The van der Waals surface area contributed by atoms with E-state index in [0.717, 1.165) is 18.4 Å². The van der Waals surface area contributed by atoms with Gasteiger partial charge in [0.25, 0.3) is 10.2 Å². The maximum absolute atomic E-state index is 12.5. The van der Waals surface area contributed by atoms with Gasteiger partial charge in [-0.1, -0.05) is 30.3 Å². The van der Waals surface area contributed by atoms with Gasteiger partial charge in [0, 0.05) is 18.6 Å². The molecule has 1 aromatic rings. The van der Waals surface area contributed by atoms with Gasteiger partial charge in [-0.25, -0.2) is 0 Å². The summed E-state index contributed by atoms with van der Waals surface area (Å²) in [6, 6.07) is 9.40. The Hall–Kier alpha value is -0.950. The highest BCUT2D eigenvalue weighted by Gasteiger charge is 2.46. The Morgan fingerprint density at radius 1 is 1.15 bits per heavy atom. The van der Waals surface area contributed by atoms with Crippen molar-refractivity contribution in [2.75, 3.05) is 0 Å². The van der Waals surface area contributed by atoms with E-state index in [4.69, 9.17) is 0 Å². The average molecular weight is 296 g/mol. The normalized spacial score (nSPS) is 30.6. The monoisotopic (exact) mass is 296 g/mol. The van der Waals surface area contributed by atoms with Crippen LogP contribution in [0.5, 0.6) is 0 Å². The summed E-state index contributed by atoms with van der Waals surface area (Å²) in [5.74, 6) is 0. The Balaban J connectivity index is 1.70. The Labute approximate surface area is 119 Å². The second-order valence-electron chi connectivity index (χ2n) is 5.65. The number of rotatable bonds is 4. The summed E-state index contributed by atoms with van der Waals surface area (Å²) < 4.78 is 29.2. The highest BCUT2D eigenvalue weighted by Crippen LogP contribution is 2.37. The van der Waals surface area contributed by atoms with Crippen molar-refractivity contribution >= 4 is 10.2 Å². The predicted octanol–water partition coefficient (Wildman–Crippen LogP) is 1.01. The number of benzene rings is 1. The molecule has 3 rings (SSSR count). The number of aliphatic hydroxyl groups is 1. The van der Waals surface area contributed by atoms with Gasteiger partial charge in [-0.3, -0.25) is 0 Å². The first-order chi connectivity index (χ1) is 9.56. The lowest BCUT2D eigenvalue weighted by Gasteiger charge is -2.35. The third-order valence-electron chi connectivity index (χ3n) is 4.22. The largest absolute Gasteiger partial charge is 0.393 e. The van der Waals surface area contributed by atoms with Crippen molar-refractivity contribution in [3.63, 3.8) is 0 Å². The van der Waals surface area contributed by atoms with Crippen molar-refractivity contribution in [1.82, 2.24) is 9.03 Å². The summed E-state index contributed by atoms with van der Waals surface area (Å²) in [5.41, 5.74) is 0.945. The molecule has 0 aliphatic carbocycles. The van der Waals surface area contributed by atoms with E-state index in [0.29, 0.717) is 19.4 Å². The number of piperidine rings is 1. The summed E-state index contributed by atoms with van der Waals surface area (Å²) in [7, 11) is -3.47. The lowest BCUT2D eigenvalue weighted by molar-refractivity contribution is 0.0762. The number of aliphatic hydroxyl groups excluding tert-OH is 1. The van der Waals surface area contributed by atoms with Gasteiger partial charge in [-0.15, -0.1) is 0 Å². The number of fused-ring (bicyclic) bond motifs is 2. The molecule has 3 atom stereocenters. The number of nitrogens with one attached hydrogen (secondary N) is 1. The molecule has 20 heavy (non-hydrogen) atoms. The van der Waals surface area contributed by atoms with Gasteiger partial charge >= 0.3 is 0 Å². The molecule has 2 aliphatic heterocycles.